The lowest BCUT2D eigenvalue weighted by Crippen LogP contribution is -2.49. The smallest absolute Gasteiger partial charge is 0.240 e. The second-order valence-electron chi connectivity index (χ2n) is 7.47. The Hall–Kier alpha value is -0.530. The van der Waals surface area contributed by atoms with Gasteiger partial charge in [-0.05, 0) is 38.5 Å². The minimum atomic E-state index is -0.201. The van der Waals surface area contributed by atoms with E-state index >= 15 is 0 Å². The fourth-order valence-corrected chi connectivity index (χ4v) is 2.27. The molecule has 0 radical (unpaired) electrons. The first-order valence-corrected chi connectivity index (χ1v) is 7.28. The first kappa shape index (κ1) is 20.5. The van der Waals surface area contributed by atoms with Gasteiger partial charge < -0.3 is 15.5 Å². The standard InChI is InChI=1S/C15H30N4O.HI/c1-14(2,3)18-12(20)10-19(7)13(16-6)17-9-11-8-15(11,4)5;/h11H,8-10H2,1-7H3,(H,16,17)(H,18,20);1H. The largest absolute Gasteiger partial charge is 0.356 e. The van der Waals surface area contributed by atoms with Crippen molar-refractivity contribution < 1.29 is 4.79 Å². The van der Waals surface area contributed by atoms with E-state index in [-0.39, 0.29) is 35.4 Å². The number of carbonyl (C=O) groups is 1. The van der Waals surface area contributed by atoms with Gasteiger partial charge in [-0.15, -0.1) is 24.0 Å². The zero-order chi connectivity index (χ0) is 15.6. The number of hydrogen-bond donors (Lipinski definition) is 2. The number of hydrogen-bond acceptors (Lipinski definition) is 2. The van der Waals surface area contributed by atoms with E-state index in [1.807, 2.05) is 32.7 Å². The summed E-state index contributed by atoms with van der Waals surface area (Å²) < 4.78 is 0. The Balaban J connectivity index is 0.00000400. The highest BCUT2D eigenvalue weighted by atomic mass is 127. The van der Waals surface area contributed by atoms with Crippen molar-refractivity contribution >= 4 is 35.8 Å². The average molecular weight is 410 g/mol. The van der Waals surface area contributed by atoms with Crippen LogP contribution in [0.2, 0.25) is 0 Å². The van der Waals surface area contributed by atoms with Gasteiger partial charge >= 0.3 is 0 Å². The molecule has 1 aliphatic carbocycles. The van der Waals surface area contributed by atoms with Crippen LogP contribution < -0.4 is 10.6 Å². The molecule has 0 saturated heterocycles. The van der Waals surface area contributed by atoms with Crippen LogP contribution in [0.4, 0.5) is 0 Å². The molecule has 21 heavy (non-hydrogen) atoms. The lowest BCUT2D eigenvalue weighted by Gasteiger charge is -2.25. The normalized spacial score (nSPS) is 20.3. The Bertz CT molecular complexity index is 388. The van der Waals surface area contributed by atoms with Gasteiger partial charge in [-0.3, -0.25) is 9.79 Å². The summed E-state index contributed by atoms with van der Waals surface area (Å²) in [6.45, 7) is 11.7. The molecule has 1 saturated carbocycles. The first-order chi connectivity index (χ1) is 9.05. The number of amides is 1. The third-order valence-corrected chi connectivity index (χ3v) is 3.69. The first-order valence-electron chi connectivity index (χ1n) is 7.28. The summed E-state index contributed by atoms with van der Waals surface area (Å²) in [5, 5.41) is 6.31. The monoisotopic (exact) mass is 410 g/mol. The minimum absolute atomic E-state index is 0. The van der Waals surface area contributed by atoms with Crippen LogP contribution in [0.5, 0.6) is 0 Å². The van der Waals surface area contributed by atoms with Gasteiger partial charge in [0.2, 0.25) is 5.91 Å². The van der Waals surface area contributed by atoms with Crippen LogP contribution in [0.3, 0.4) is 0 Å². The van der Waals surface area contributed by atoms with E-state index < -0.39 is 0 Å². The third-order valence-electron chi connectivity index (χ3n) is 3.69. The van der Waals surface area contributed by atoms with Crippen molar-refractivity contribution in [2.75, 3.05) is 27.2 Å². The number of nitrogens with zero attached hydrogens (tertiary/aromatic N) is 2. The predicted molar refractivity (Wildman–Crippen MR) is 99.2 cm³/mol. The molecule has 124 valence electrons. The van der Waals surface area contributed by atoms with E-state index in [9.17, 15) is 4.79 Å². The average Bonchev–Trinajstić information content (AvgIpc) is 2.84. The van der Waals surface area contributed by atoms with Crippen molar-refractivity contribution in [3.63, 3.8) is 0 Å². The van der Waals surface area contributed by atoms with Gasteiger partial charge in [0.05, 0.1) is 6.54 Å². The number of halogens is 1. The number of rotatable bonds is 4. The molecular weight excluding hydrogens is 379 g/mol. The molecule has 1 aliphatic rings. The van der Waals surface area contributed by atoms with Crippen molar-refractivity contribution in [3.05, 3.63) is 0 Å². The minimum Gasteiger partial charge on any atom is -0.356 e. The maximum absolute atomic E-state index is 11.9. The van der Waals surface area contributed by atoms with Crippen molar-refractivity contribution in [1.29, 1.82) is 0 Å². The highest BCUT2D eigenvalue weighted by Gasteiger charge is 2.45. The summed E-state index contributed by atoms with van der Waals surface area (Å²) in [7, 11) is 3.63. The molecule has 1 amide bonds. The quantitative estimate of drug-likeness (QED) is 0.424. The van der Waals surface area contributed by atoms with E-state index in [4.69, 9.17) is 0 Å². The molecule has 0 aromatic carbocycles. The molecule has 0 aliphatic heterocycles. The molecule has 1 rings (SSSR count). The van der Waals surface area contributed by atoms with Crippen molar-refractivity contribution in [1.82, 2.24) is 15.5 Å². The zero-order valence-electron chi connectivity index (χ0n) is 14.4. The third kappa shape index (κ3) is 7.33. The number of likely N-dealkylation sites (N-methyl/N-ethyl adjacent to an activating group) is 1. The fraction of sp³-hybridized carbons (Fsp3) is 0.867. The molecule has 6 heteroatoms. The molecule has 1 unspecified atom stereocenters. The fourth-order valence-electron chi connectivity index (χ4n) is 2.27. The maximum atomic E-state index is 11.9. The summed E-state index contributed by atoms with van der Waals surface area (Å²) in [6, 6.07) is 0. The number of aliphatic imine (C=N–C) groups is 1. The van der Waals surface area contributed by atoms with Gasteiger partial charge in [-0.1, -0.05) is 13.8 Å². The summed E-state index contributed by atoms with van der Waals surface area (Å²) in [4.78, 5) is 18.0. The van der Waals surface area contributed by atoms with Crippen molar-refractivity contribution in [2.24, 2.45) is 16.3 Å². The molecule has 2 N–H and O–H groups in total. The van der Waals surface area contributed by atoms with Gasteiger partial charge in [-0.25, -0.2) is 0 Å². The summed E-state index contributed by atoms with van der Waals surface area (Å²) in [5.74, 6) is 1.49. The second kappa shape index (κ2) is 7.65. The highest BCUT2D eigenvalue weighted by Crippen LogP contribution is 2.50. The SMILES string of the molecule is CN=C(NCC1CC1(C)C)N(C)CC(=O)NC(C)(C)C.I. The van der Waals surface area contributed by atoms with Crippen LogP contribution >= 0.6 is 24.0 Å². The van der Waals surface area contributed by atoms with Gasteiger partial charge in [0.15, 0.2) is 5.96 Å². The van der Waals surface area contributed by atoms with E-state index in [1.165, 1.54) is 6.42 Å². The Labute approximate surface area is 146 Å². The van der Waals surface area contributed by atoms with Gasteiger partial charge in [0.1, 0.15) is 0 Å². The molecule has 0 aromatic rings. The molecule has 1 atom stereocenters. The maximum Gasteiger partial charge on any atom is 0.240 e. The summed E-state index contributed by atoms with van der Waals surface area (Å²) in [5.41, 5.74) is 0.251. The highest BCUT2D eigenvalue weighted by molar-refractivity contribution is 14.0. The van der Waals surface area contributed by atoms with E-state index in [1.54, 1.807) is 7.05 Å². The van der Waals surface area contributed by atoms with Gasteiger partial charge in [-0.2, -0.15) is 0 Å². The molecular formula is C15H31IN4O. The van der Waals surface area contributed by atoms with Gasteiger partial charge in [0, 0.05) is 26.2 Å². The van der Waals surface area contributed by atoms with Crippen LogP contribution in [0, 0.1) is 11.3 Å². The lowest BCUT2D eigenvalue weighted by molar-refractivity contribution is -0.122. The second-order valence-corrected chi connectivity index (χ2v) is 7.47. The number of nitrogens with one attached hydrogen (secondary N) is 2. The molecule has 0 bridgehead atoms. The molecule has 0 spiro atoms. The van der Waals surface area contributed by atoms with Crippen LogP contribution in [0.15, 0.2) is 4.99 Å². The Morgan fingerprint density at radius 3 is 2.29 bits per heavy atom. The topological polar surface area (TPSA) is 56.7 Å². The molecule has 1 fully saturated rings. The predicted octanol–water partition coefficient (Wildman–Crippen LogP) is 2.07. The van der Waals surface area contributed by atoms with E-state index in [2.05, 4.69) is 29.5 Å². The summed E-state index contributed by atoms with van der Waals surface area (Å²) >= 11 is 0. The van der Waals surface area contributed by atoms with E-state index in [0.29, 0.717) is 17.9 Å². The van der Waals surface area contributed by atoms with Crippen LogP contribution in [0.25, 0.3) is 0 Å². The lowest BCUT2D eigenvalue weighted by atomic mass is 10.1. The van der Waals surface area contributed by atoms with E-state index in [0.717, 1.165) is 12.5 Å². The Morgan fingerprint density at radius 2 is 1.90 bits per heavy atom. The molecule has 0 aromatic heterocycles. The van der Waals surface area contributed by atoms with Crippen LogP contribution in [-0.2, 0) is 4.79 Å². The molecule has 0 heterocycles. The van der Waals surface area contributed by atoms with Crippen LogP contribution in [0.1, 0.15) is 41.0 Å². The zero-order valence-corrected chi connectivity index (χ0v) is 16.7. The number of guanidine groups is 1. The Kier molecular flexibility index (Phi) is 7.45. The van der Waals surface area contributed by atoms with Gasteiger partial charge in [0.25, 0.3) is 0 Å². The number of carbonyl (C=O) groups excluding carboxylic acids is 1. The van der Waals surface area contributed by atoms with Crippen molar-refractivity contribution in [2.45, 2.75) is 46.6 Å². The summed E-state index contributed by atoms with van der Waals surface area (Å²) in [6.07, 6.45) is 1.26. The Morgan fingerprint density at radius 1 is 1.38 bits per heavy atom. The van der Waals surface area contributed by atoms with Crippen molar-refractivity contribution in [3.8, 4) is 0 Å². The molecule has 5 nitrogen and oxygen atoms in total. The van der Waals surface area contributed by atoms with Crippen LogP contribution in [-0.4, -0.2) is 49.5 Å².